The van der Waals surface area contributed by atoms with Gasteiger partial charge in [0, 0.05) is 17.9 Å². The van der Waals surface area contributed by atoms with Gasteiger partial charge in [0.25, 0.3) is 0 Å². The Hall–Kier alpha value is -1.16. The quantitative estimate of drug-likeness (QED) is 0.629. The van der Waals surface area contributed by atoms with Crippen LogP contribution in [0.3, 0.4) is 0 Å². The van der Waals surface area contributed by atoms with Gasteiger partial charge in [0.1, 0.15) is 5.84 Å². The van der Waals surface area contributed by atoms with Gasteiger partial charge in [0.2, 0.25) is 0 Å². The van der Waals surface area contributed by atoms with Crippen molar-refractivity contribution in [3.8, 4) is 0 Å². The van der Waals surface area contributed by atoms with Crippen LogP contribution >= 0.6 is 15.9 Å². The molecule has 0 bridgehead atoms. The van der Waals surface area contributed by atoms with Gasteiger partial charge < -0.3 is 4.90 Å². The van der Waals surface area contributed by atoms with Crippen LogP contribution in [0, 0.1) is 16.7 Å². The summed E-state index contributed by atoms with van der Waals surface area (Å²) >= 11 is 3.31. The normalized spacial score (nSPS) is 10.9. The summed E-state index contributed by atoms with van der Waals surface area (Å²) in [7, 11) is 1.73. The zero-order chi connectivity index (χ0) is 14.0. The van der Waals surface area contributed by atoms with Crippen LogP contribution in [-0.4, -0.2) is 24.1 Å². The summed E-state index contributed by atoms with van der Waals surface area (Å²) in [5.74, 6) is 1.07. The molecule has 0 spiro atoms. The van der Waals surface area contributed by atoms with Crippen LogP contribution in [0.15, 0.2) is 34.8 Å². The van der Waals surface area contributed by atoms with Gasteiger partial charge in [0.05, 0.1) is 6.34 Å². The molecule has 0 saturated heterocycles. The van der Waals surface area contributed by atoms with Gasteiger partial charge in [-0.15, -0.1) is 0 Å². The van der Waals surface area contributed by atoms with E-state index < -0.39 is 0 Å². The number of rotatable bonds is 4. The van der Waals surface area contributed by atoms with Gasteiger partial charge in [-0.05, 0) is 18.1 Å². The van der Waals surface area contributed by atoms with Gasteiger partial charge in [-0.2, -0.15) is 0 Å². The second kappa shape index (κ2) is 9.83. The van der Waals surface area contributed by atoms with Crippen LogP contribution < -0.4 is 0 Å². The van der Waals surface area contributed by atoms with E-state index in [9.17, 15) is 0 Å². The molecule has 1 rings (SSSR count). The first-order valence-electron chi connectivity index (χ1n) is 6.02. The summed E-state index contributed by atoms with van der Waals surface area (Å²) in [5.41, 5.74) is 0. The van der Waals surface area contributed by atoms with Gasteiger partial charge in [0.15, 0.2) is 0 Å². The molecule has 1 atom stereocenters. The molecule has 0 aliphatic carbocycles. The second-order valence-electron chi connectivity index (χ2n) is 4.20. The van der Waals surface area contributed by atoms with E-state index in [0.29, 0.717) is 11.8 Å². The van der Waals surface area contributed by atoms with Crippen LogP contribution in [0.1, 0.15) is 26.7 Å². The Bertz CT molecular complexity index is 351. The van der Waals surface area contributed by atoms with Gasteiger partial charge in [-0.3, -0.25) is 10.8 Å². The third-order valence-corrected chi connectivity index (χ3v) is 3.12. The van der Waals surface area contributed by atoms with E-state index in [0.717, 1.165) is 17.3 Å². The van der Waals surface area contributed by atoms with E-state index in [1.807, 2.05) is 30.3 Å². The van der Waals surface area contributed by atoms with Crippen LogP contribution in [0.5, 0.6) is 0 Å². The van der Waals surface area contributed by atoms with E-state index >= 15 is 0 Å². The molecule has 4 heteroatoms. The van der Waals surface area contributed by atoms with Crippen molar-refractivity contribution in [2.75, 3.05) is 7.05 Å². The molecular formula is C14H22BrN3. The molecule has 0 aromatic heterocycles. The Morgan fingerprint density at radius 1 is 1.39 bits per heavy atom. The molecule has 0 aliphatic rings. The number of amidine groups is 1. The lowest BCUT2D eigenvalue weighted by Crippen LogP contribution is -2.25. The first-order chi connectivity index (χ1) is 8.51. The van der Waals surface area contributed by atoms with Crippen molar-refractivity contribution >= 4 is 28.1 Å². The number of benzene rings is 1. The predicted octanol–water partition coefficient (Wildman–Crippen LogP) is 4.39. The summed E-state index contributed by atoms with van der Waals surface area (Å²) in [5, 5.41) is 14.4. The fourth-order valence-electron chi connectivity index (χ4n) is 1.11. The number of nitrogens with one attached hydrogen (secondary N) is 2. The zero-order valence-corrected chi connectivity index (χ0v) is 12.9. The van der Waals surface area contributed by atoms with E-state index in [4.69, 9.17) is 10.8 Å². The molecule has 1 aromatic rings. The maximum Gasteiger partial charge on any atom is 0.101 e. The maximum atomic E-state index is 7.50. The maximum absolute atomic E-state index is 7.50. The first kappa shape index (κ1) is 16.8. The van der Waals surface area contributed by atoms with Gasteiger partial charge in [-0.1, -0.05) is 54.4 Å². The highest BCUT2D eigenvalue weighted by molar-refractivity contribution is 9.10. The summed E-state index contributed by atoms with van der Waals surface area (Å²) < 4.78 is 1.13. The molecule has 0 radical (unpaired) electrons. The molecular weight excluding hydrogens is 290 g/mol. The Morgan fingerprint density at radius 2 is 1.94 bits per heavy atom. The topological polar surface area (TPSA) is 50.9 Å². The Morgan fingerprint density at radius 3 is 2.28 bits per heavy atom. The largest absolute Gasteiger partial charge is 0.325 e. The monoisotopic (exact) mass is 311 g/mol. The molecule has 0 fully saturated rings. The molecule has 0 aliphatic heterocycles. The molecule has 100 valence electrons. The average Bonchev–Trinajstić information content (AvgIpc) is 2.39. The van der Waals surface area contributed by atoms with Gasteiger partial charge in [-0.25, -0.2) is 0 Å². The minimum atomic E-state index is 0.523. The number of hydrogen-bond acceptors (Lipinski definition) is 2. The van der Waals surface area contributed by atoms with Crippen molar-refractivity contribution in [3.05, 3.63) is 34.8 Å². The Kier molecular flexibility index (Phi) is 9.19. The fourth-order valence-corrected chi connectivity index (χ4v) is 1.42. The zero-order valence-electron chi connectivity index (χ0n) is 11.3. The standard InChI is InChI=1S/C8H17N3.C6H5Br/c1-4-7(2)5-8(10)11(3)6-9;7-6-4-2-1-3-5-6/h6-7,9-10H,4-5H2,1-3H3;1-5H. The van der Waals surface area contributed by atoms with E-state index in [-0.39, 0.29) is 0 Å². The van der Waals surface area contributed by atoms with Crippen LogP contribution in [0.25, 0.3) is 0 Å². The molecule has 0 saturated carbocycles. The number of hydrogen-bond donors (Lipinski definition) is 2. The van der Waals surface area contributed by atoms with Crippen molar-refractivity contribution in [1.29, 1.82) is 10.8 Å². The first-order valence-corrected chi connectivity index (χ1v) is 6.81. The molecule has 1 aromatic carbocycles. The molecule has 0 heterocycles. The summed E-state index contributed by atoms with van der Waals surface area (Å²) in [6.45, 7) is 4.23. The Balaban J connectivity index is 0.000000351. The van der Waals surface area contributed by atoms with Crippen LogP contribution in [0.4, 0.5) is 0 Å². The molecule has 0 amide bonds. The second-order valence-corrected chi connectivity index (χ2v) is 5.12. The van der Waals surface area contributed by atoms with Crippen molar-refractivity contribution in [2.24, 2.45) is 5.92 Å². The van der Waals surface area contributed by atoms with E-state index in [2.05, 4.69) is 29.8 Å². The molecule has 1 unspecified atom stereocenters. The fraction of sp³-hybridized carbons (Fsp3) is 0.429. The smallest absolute Gasteiger partial charge is 0.101 e. The van der Waals surface area contributed by atoms with E-state index in [1.165, 1.54) is 11.2 Å². The average molecular weight is 312 g/mol. The number of halogens is 1. The summed E-state index contributed by atoms with van der Waals surface area (Å²) in [6, 6.07) is 9.97. The van der Waals surface area contributed by atoms with E-state index in [1.54, 1.807) is 7.05 Å². The highest BCUT2D eigenvalue weighted by atomic mass is 79.9. The lowest BCUT2D eigenvalue weighted by molar-refractivity contribution is 0.559. The SMILES string of the molecule is Brc1ccccc1.CCC(C)CC(=N)N(C)C=N. The van der Waals surface area contributed by atoms with Crippen molar-refractivity contribution < 1.29 is 0 Å². The number of nitrogens with zero attached hydrogens (tertiary/aromatic N) is 1. The summed E-state index contributed by atoms with van der Waals surface area (Å²) in [6.07, 6.45) is 3.03. The van der Waals surface area contributed by atoms with Crippen molar-refractivity contribution in [3.63, 3.8) is 0 Å². The van der Waals surface area contributed by atoms with Crippen LogP contribution in [-0.2, 0) is 0 Å². The highest BCUT2D eigenvalue weighted by Crippen LogP contribution is 2.07. The molecule has 2 N–H and O–H groups in total. The van der Waals surface area contributed by atoms with Crippen molar-refractivity contribution in [1.82, 2.24) is 4.90 Å². The highest BCUT2D eigenvalue weighted by Gasteiger charge is 2.05. The third kappa shape index (κ3) is 8.01. The Labute approximate surface area is 118 Å². The predicted molar refractivity (Wildman–Crippen MR) is 82.5 cm³/mol. The lowest BCUT2D eigenvalue weighted by atomic mass is 10.0. The van der Waals surface area contributed by atoms with Gasteiger partial charge >= 0.3 is 0 Å². The summed E-state index contributed by atoms with van der Waals surface area (Å²) in [4.78, 5) is 1.53. The third-order valence-electron chi connectivity index (χ3n) is 2.59. The van der Waals surface area contributed by atoms with Crippen LogP contribution in [0.2, 0.25) is 0 Å². The minimum absolute atomic E-state index is 0.523. The van der Waals surface area contributed by atoms with Crippen molar-refractivity contribution in [2.45, 2.75) is 26.7 Å². The minimum Gasteiger partial charge on any atom is -0.325 e. The lowest BCUT2D eigenvalue weighted by Gasteiger charge is -2.16. The molecule has 18 heavy (non-hydrogen) atoms. The molecule has 3 nitrogen and oxygen atoms in total.